The fourth-order valence-corrected chi connectivity index (χ4v) is 2.02. The van der Waals surface area contributed by atoms with E-state index in [0.717, 1.165) is 17.9 Å². The van der Waals surface area contributed by atoms with E-state index in [2.05, 4.69) is 32.6 Å². The number of hydrogen-bond donors (Lipinski definition) is 0. The summed E-state index contributed by atoms with van der Waals surface area (Å²) in [6, 6.07) is 0.771. The summed E-state index contributed by atoms with van der Waals surface area (Å²) in [5.41, 5.74) is 0. The molecule has 0 aromatic heterocycles. The van der Waals surface area contributed by atoms with Gasteiger partial charge in [-0.25, -0.2) is 0 Å². The van der Waals surface area contributed by atoms with Crippen LogP contribution >= 0.6 is 0 Å². The molecule has 0 aromatic carbocycles. The zero-order valence-corrected chi connectivity index (χ0v) is 9.01. The number of piperidine rings is 1. The first-order valence-electron chi connectivity index (χ1n) is 5.35. The van der Waals surface area contributed by atoms with Gasteiger partial charge in [0.2, 0.25) is 0 Å². The molecule has 1 nitrogen and oxygen atoms in total. The van der Waals surface area contributed by atoms with Gasteiger partial charge in [0.05, 0.1) is 0 Å². The summed E-state index contributed by atoms with van der Waals surface area (Å²) < 4.78 is 0. The van der Waals surface area contributed by atoms with Crippen molar-refractivity contribution in [3.63, 3.8) is 0 Å². The first kappa shape index (κ1) is 10.0. The van der Waals surface area contributed by atoms with Crippen LogP contribution in [0.1, 0.15) is 40.5 Å². The smallest absolute Gasteiger partial charge is 0.00900 e. The van der Waals surface area contributed by atoms with Gasteiger partial charge in [-0.1, -0.05) is 20.8 Å². The molecule has 2 unspecified atom stereocenters. The second-order valence-corrected chi connectivity index (χ2v) is 4.73. The fourth-order valence-electron chi connectivity index (χ4n) is 2.02. The third-order valence-electron chi connectivity index (χ3n) is 3.23. The molecular formula is C11H23N. The minimum Gasteiger partial charge on any atom is -0.300 e. The van der Waals surface area contributed by atoms with Crippen LogP contribution in [0.25, 0.3) is 0 Å². The highest BCUT2D eigenvalue weighted by Gasteiger charge is 2.22. The van der Waals surface area contributed by atoms with E-state index in [1.54, 1.807) is 0 Å². The molecule has 72 valence electrons. The Hall–Kier alpha value is -0.0400. The summed E-state index contributed by atoms with van der Waals surface area (Å²) in [4.78, 5) is 2.65. The Balaban J connectivity index is 2.40. The molecule has 12 heavy (non-hydrogen) atoms. The quantitative estimate of drug-likeness (QED) is 0.614. The van der Waals surface area contributed by atoms with Gasteiger partial charge in [-0.2, -0.15) is 0 Å². The summed E-state index contributed by atoms with van der Waals surface area (Å²) in [6.45, 7) is 12.0. The van der Waals surface area contributed by atoms with E-state index in [1.165, 1.54) is 25.9 Å². The second-order valence-electron chi connectivity index (χ2n) is 4.73. The second kappa shape index (κ2) is 4.27. The fraction of sp³-hybridized carbons (Fsp3) is 1.00. The van der Waals surface area contributed by atoms with E-state index in [-0.39, 0.29) is 0 Å². The minimum absolute atomic E-state index is 0.771. The Morgan fingerprint density at radius 1 is 1.25 bits per heavy atom. The zero-order chi connectivity index (χ0) is 9.14. The monoisotopic (exact) mass is 169 g/mol. The molecule has 1 heterocycles. The lowest BCUT2D eigenvalue weighted by Crippen LogP contribution is -2.42. The number of nitrogens with zero attached hydrogens (tertiary/aromatic N) is 1. The van der Waals surface area contributed by atoms with E-state index >= 15 is 0 Å². The molecule has 1 fully saturated rings. The maximum absolute atomic E-state index is 2.65. The van der Waals surface area contributed by atoms with Crippen LogP contribution in [-0.4, -0.2) is 24.0 Å². The Kier molecular flexibility index (Phi) is 3.57. The Bertz CT molecular complexity index is 131. The standard InChI is InChI=1S/C11H23N/c1-9(2)11(4)12-7-5-6-10(3)8-12/h9-11H,5-8H2,1-4H3. The van der Waals surface area contributed by atoms with Crippen molar-refractivity contribution in [1.29, 1.82) is 0 Å². The van der Waals surface area contributed by atoms with Crippen LogP contribution < -0.4 is 0 Å². The molecule has 0 radical (unpaired) electrons. The third-order valence-corrected chi connectivity index (χ3v) is 3.23. The Morgan fingerprint density at radius 3 is 2.42 bits per heavy atom. The molecule has 1 rings (SSSR count). The average Bonchev–Trinajstić information content (AvgIpc) is 2.03. The molecule has 0 aliphatic carbocycles. The van der Waals surface area contributed by atoms with Crippen molar-refractivity contribution in [2.45, 2.75) is 46.6 Å². The summed E-state index contributed by atoms with van der Waals surface area (Å²) in [5.74, 6) is 1.72. The van der Waals surface area contributed by atoms with Crippen molar-refractivity contribution < 1.29 is 0 Å². The van der Waals surface area contributed by atoms with Crippen molar-refractivity contribution in [2.24, 2.45) is 11.8 Å². The highest BCUT2D eigenvalue weighted by molar-refractivity contribution is 4.76. The van der Waals surface area contributed by atoms with Crippen molar-refractivity contribution in [2.75, 3.05) is 13.1 Å². The molecular weight excluding hydrogens is 146 g/mol. The molecule has 2 atom stereocenters. The maximum Gasteiger partial charge on any atom is 0.00900 e. The molecule has 0 N–H and O–H groups in total. The Labute approximate surface area is 77.1 Å². The third kappa shape index (κ3) is 2.48. The lowest BCUT2D eigenvalue weighted by atomic mass is 9.96. The first-order valence-corrected chi connectivity index (χ1v) is 5.35. The number of likely N-dealkylation sites (tertiary alicyclic amines) is 1. The first-order chi connectivity index (χ1) is 5.61. The molecule has 0 spiro atoms. The van der Waals surface area contributed by atoms with Gasteiger partial charge >= 0.3 is 0 Å². The maximum atomic E-state index is 2.65. The molecule has 0 saturated carbocycles. The van der Waals surface area contributed by atoms with Gasteiger partial charge in [0.1, 0.15) is 0 Å². The summed E-state index contributed by atoms with van der Waals surface area (Å²) in [6.07, 6.45) is 2.83. The molecule has 0 amide bonds. The summed E-state index contributed by atoms with van der Waals surface area (Å²) in [5, 5.41) is 0. The summed E-state index contributed by atoms with van der Waals surface area (Å²) in [7, 11) is 0. The van der Waals surface area contributed by atoms with Gasteiger partial charge in [-0.15, -0.1) is 0 Å². The van der Waals surface area contributed by atoms with Crippen molar-refractivity contribution in [3.8, 4) is 0 Å². The van der Waals surface area contributed by atoms with Crippen molar-refractivity contribution in [3.05, 3.63) is 0 Å². The lowest BCUT2D eigenvalue weighted by molar-refractivity contribution is 0.112. The average molecular weight is 169 g/mol. The van der Waals surface area contributed by atoms with Crippen LogP contribution in [0, 0.1) is 11.8 Å². The van der Waals surface area contributed by atoms with Crippen LogP contribution in [0.2, 0.25) is 0 Å². The topological polar surface area (TPSA) is 3.24 Å². The molecule has 0 bridgehead atoms. The van der Waals surface area contributed by atoms with Crippen LogP contribution in [0.5, 0.6) is 0 Å². The van der Waals surface area contributed by atoms with E-state index < -0.39 is 0 Å². The van der Waals surface area contributed by atoms with E-state index in [4.69, 9.17) is 0 Å². The highest BCUT2D eigenvalue weighted by atomic mass is 15.2. The zero-order valence-electron chi connectivity index (χ0n) is 9.01. The van der Waals surface area contributed by atoms with Crippen LogP contribution in [0.3, 0.4) is 0 Å². The van der Waals surface area contributed by atoms with Gasteiger partial charge in [-0.3, -0.25) is 0 Å². The van der Waals surface area contributed by atoms with Crippen LogP contribution in [0.15, 0.2) is 0 Å². The van der Waals surface area contributed by atoms with E-state index in [1.807, 2.05) is 0 Å². The van der Waals surface area contributed by atoms with E-state index in [9.17, 15) is 0 Å². The predicted molar refractivity (Wildman–Crippen MR) is 54.3 cm³/mol. The normalized spacial score (nSPS) is 29.2. The van der Waals surface area contributed by atoms with Gasteiger partial charge in [-0.05, 0) is 38.1 Å². The Morgan fingerprint density at radius 2 is 1.92 bits per heavy atom. The van der Waals surface area contributed by atoms with Gasteiger partial charge in [0.25, 0.3) is 0 Å². The van der Waals surface area contributed by atoms with E-state index in [0.29, 0.717) is 0 Å². The summed E-state index contributed by atoms with van der Waals surface area (Å²) >= 11 is 0. The van der Waals surface area contributed by atoms with Crippen molar-refractivity contribution >= 4 is 0 Å². The largest absolute Gasteiger partial charge is 0.300 e. The van der Waals surface area contributed by atoms with Gasteiger partial charge in [0.15, 0.2) is 0 Å². The molecule has 1 aliphatic rings. The molecule has 1 heteroatoms. The number of hydrogen-bond acceptors (Lipinski definition) is 1. The van der Waals surface area contributed by atoms with Crippen LogP contribution in [0.4, 0.5) is 0 Å². The van der Waals surface area contributed by atoms with Gasteiger partial charge < -0.3 is 4.90 Å². The number of rotatable bonds is 2. The van der Waals surface area contributed by atoms with Gasteiger partial charge in [0, 0.05) is 12.6 Å². The van der Waals surface area contributed by atoms with Crippen LogP contribution in [-0.2, 0) is 0 Å². The highest BCUT2D eigenvalue weighted by Crippen LogP contribution is 2.20. The predicted octanol–water partition coefficient (Wildman–Crippen LogP) is 2.76. The minimum atomic E-state index is 0.771. The molecule has 1 saturated heterocycles. The lowest BCUT2D eigenvalue weighted by Gasteiger charge is -2.37. The SMILES string of the molecule is CC1CCCN(C(C)C(C)C)C1. The molecule has 1 aliphatic heterocycles. The molecule has 0 aromatic rings. The van der Waals surface area contributed by atoms with Crippen molar-refractivity contribution in [1.82, 2.24) is 4.90 Å².